The molecule has 2 heterocycles. The highest BCUT2D eigenvalue weighted by atomic mass is 16.4. The van der Waals surface area contributed by atoms with Gasteiger partial charge in [0.05, 0.1) is 5.56 Å². The number of aromatic carboxylic acids is 1. The first-order valence-corrected chi connectivity index (χ1v) is 9.95. The summed E-state index contributed by atoms with van der Waals surface area (Å²) in [6, 6.07) is 19.5. The summed E-state index contributed by atoms with van der Waals surface area (Å²) in [5.41, 5.74) is 6.58. The monoisotopic (exact) mass is 384 g/mol. The second-order valence-corrected chi connectivity index (χ2v) is 7.44. The Morgan fingerprint density at radius 1 is 1.07 bits per heavy atom. The number of carboxylic acids is 1. The molecular weight excluding hydrogens is 360 g/mol. The van der Waals surface area contributed by atoms with E-state index >= 15 is 0 Å². The fraction of sp³-hybridized carbons (Fsp3) is 0.200. The zero-order chi connectivity index (χ0) is 20.4. The van der Waals surface area contributed by atoms with Crippen molar-refractivity contribution in [2.75, 3.05) is 0 Å². The molecule has 0 saturated carbocycles. The third-order valence-electron chi connectivity index (χ3n) is 5.59. The minimum absolute atomic E-state index is 0.319. The van der Waals surface area contributed by atoms with Crippen LogP contribution in [0.1, 0.15) is 53.4 Å². The fourth-order valence-electron chi connectivity index (χ4n) is 3.75. The zero-order valence-corrected chi connectivity index (χ0v) is 16.7. The number of nitrogens with zero attached hydrogens (tertiary/aromatic N) is 2. The summed E-state index contributed by atoms with van der Waals surface area (Å²) < 4.78 is 2.18. The molecule has 0 radical (unpaired) electrons. The Balaban J connectivity index is 1.63. The van der Waals surface area contributed by atoms with E-state index < -0.39 is 5.97 Å². The molecule has 0 aliphatic rings. The van der Waals surface area contributed by atoms with E-state index in [1.54, 1.807) is 12.1 Å². The molecule has 0 amide bonds. The van der Waals surface area contributed by atoms with Gasteiger partial charge in [0.2, 0.25) is 0 Å². The quantitative estimate of drug-likeness (QED) is 0.457. The Bertz CT molecular complexity index is 1160. The lowest BCUT2D eigenvalue weighted by Crippen LogP contribution is -2.00. The minimum atomic E-state index is -0.910. The second-order valence-electron chi connectivity index (χ2n) is 7.44. The Morgan fingerprint density at radius 2 is 1.83 bits per heavy atom. The van der Waals surface area contributed by atoms with Gasteiger partial charge in [0, 0.05) is 24.5 Å². The van der Waals surface area contributed by atoms with Gasteiger partial charge in [-0.3, -0.25) is 0 Å². The first-order chi connectivity index (χ1) is 14.1. The molecule has 0 fully saturated rings. The van der Waals surface area contributed by atoms with Crippen LogP contribution in [-0.2, 0) is 6.42 Å². The molecule has 4 rings (SSSR count). The summed E-state index contributed by atoms with van der Waals surface area (Å²) in [6.45, 7) is 4.43. The molecule has 0 bridgehead atoms. The van der Waals surface area contributed by atoms with Gasteiger partial charge < -0.3 is 9.51 Å². The summed E-state index contributed by atoms with van der Waals surface area (Å²) >= 11 is 0. The molecule has 0 aliphatic carbocycles. The van der Waals surface area contributed by atoms with Gasteiger partial charge >= 0.3 is 5.97 Å². The molecular formula is C25H24N2O2. The molecule has 1 atom stereocenters. The largest absolute Gasteiger partial charge is 0.478 e. The van der Waals surface area contributed by atoms with Crippen molar-refractivity contribution in [3.8, 4) is 11.1 Å². The van der Waals surface area contributed by atoms with Crippen molar-refractivity contribution >= 4 is 11.6 Å². The summed E-state index contributed by atoms with van der Waals surface area (Å²) in [6.07, 6.45) is 5.88. The predicted octanol–water partition coefficient (Wildman–Crippen LogP) is 5.80. The topological polar surface area (TPSA) is 54.6 Å². The van der Waals surface area contributed by atoms with Crippen LogP contribution in [0.5, 0.6) is 0 Å². The SMILES string of the molecule is CCC(C)c1cccn2c(Cc3ccc(-c4ccccc4C(=O)O)cc3)cnc12. The van der Waals surface area contributed by atoms with Crippen LogP contribution in [0.4, 0.5) is 0 Å². The highest BCUT2D eigenvalue weighted by Gasteiger charge is 2.13. The second kappa shape index (κ2) is 7.92. The van der Waals surface area contributed by atoms with Gasteiger partial charge in [-0.2, -0.15) is 0 Å². The molecule has 1 unspecified atom stereocenters. The maximum absolute atomic E-state index is 11.5. The van der Waals surface area contributed by atoms with Crippen LogP contribution in [0.25, 0.3) is 16.8 Å². The molecule has 0 aliphatic heterocycles. The number of imidazole rings is 1. The van der Waals surface area contributed by atoms with E-state index in [-0.39, 0.29) is 0 Å². The van der Waals surface area contributed by atoms with Crippen molar-refractivity contribution in [3.05, 3.63) is 95.4 Å². The van der Waals surface area contributed by atoms with E-state index in [9.17, 15) is 9.90 Å². The van der Waals surface area contributed by atoms with Crippen molar-refractivity contribution in [1.82, 2.24) is 9.38 Å². The smallest absolute Gasteiger partial charge is 0.336 e. The number of carboxylic acid groups (broad SMARTS) is 1. The summed E-state index contributed by atoms with van der Waals surface area (Å²) in [4.78, 5) is 16.2. The number of hydrogen-bond acceptors (Lipinski definition) is 2. The van der Waals surface area contributed by atoms with E-state index in [1.807, 2.05) is 30.5 Å². The Kier molecular flexibility index (Phi) is 5.17. The Hall–Kier alpha value is -3.40. The maximum atomic E-state index is 11.5. The summed E-state index contributed by atoms with van der Waals surface area (Å²) in [5, 5.41) is 9.42. The summed E-state index contributed by atoms with van der Waals surface area (Å²) in [5.74, 6) is -0.435. The number of rotatable bonds is 6. The number of fused-ring (bicyclic) bond motifs is 1. The van der Waals surface area contributed by atoms with Crippen molar-refractivity contribution in [2.45, 2.75) is 32.6 Å². The van der Waals surface area contributed by atoms with Crippen molar-refractivity contribution in [1.29, 1.82) is 0 Å². The first-order valence-electron chi connectivity index (χ1n) is 9.95. The third-order valence-corrected chi connectivity index (χ3v) is 5.59. The van der Waals surface area contributed by atoms with Gasteiger partial charge in [0.1, 0.15) is 5.65 Å². The molecule has 4 nitrogen and oxygen atoms in total. The van der Waals surface area contributed by atoms with E-state index in [4.69, 9.17) is 0 Å². The van der Waals surface area contributed by atoms with Crippen molar-refractivity contribution in [2.24, 2.45) is 0 Å². The predicted molar refractivity (Wildman–Crippen MR) is 116 cm³/mol. The highest BCUT2D eigenvalue weighted by molar-refractivity contribution is 5.95. The molecule has 0 spiro atoms. The van der Waals surface area contributed by atoms with E-state index in [0.29, 0.717) is 11.5 Å². The lowest BCUT2D eigenvalue weighted by molar-refractivity contribution is 0.0697. The van der Waals surface area contributed by atoms with E-state index in [2.05, 4.69) is 53.7 Å². The molecule has 0 saturated heterocycles. The molecule has 146 valence electrons. The summed E-state index contributed by atoms with van der Waals surface area (Å²) in [7, 11) is 0. The first kappa shape index (κ1) is 18.9. The lowest BCUT2D eigenvalue weighted by atomic mass is 9.98. The van der Waals surface area contributed by atoms with Crippen LogP contribution in [-0.4, -0.2) is 20.5 Å². The normalized spacial score (nSPS) is 12.2. The van der Waals surface area contributed by atoms with Crippen LogP contribution in [0, 0.1) is 0 Å². The lowest BCUT2D eigenvalue weighted by Gasteiger charge is -2.11. The average molecular weight is 384 g/mol. The number of pyridine rings is 1. The average Bonchev–Trinajstić information content (AvgIpc) is 3.16. The van der Waals surface area contributed by atoms with Gasteiger partial charge in [-0.15, -0.1) is 0 Å². The zero-order valence-electron chi connectivity index (χ0n) is 16.7. The molecule has 29 heavy (non-hydrogen) atoms. The fourth-order valence-corrected chi connectivity index (χ4v) is 3.75. The molecule has 1 N–H and O–H groups in total. The van der Waals surface area contributed by atoms with Gasteiger partial charge in [-0.05, 0) is 46.7 Å². The molecule has 2 aromatic heterocycles. The Labute approximate surface area is 170 Å². The van der Waals surface area contributed by atoms with Crippen molar-refractivity contribution < 1.29 is 9.90 Å². The van der Waals surface area contributed by atoms with Gasteiger partial charge in [-0.1, -0.05) is 62.4 Å². The number of carbonyl (C=O) groups is 1. The van der Waals surface area contributed by atoms with Crippen LogP contribution in [0.3, 0.4) is 0 Å². The van der Waals surface area contributed by atoms with Gasteiger partial charge in [0.15, 0.2) is 0 Å². The molecule has 4 aromatic rings. The van der Waals surface area contributed by atoms with Crippen LogP contribution in [0.15, 0.2) is 73.1 Å². The van der Waals surface area contributed by atoms with Gasteiger partial charge in [-0.25, -0.2) is 9.78 Å². The van der Waals surface area contributed by atoms with Crippen LogP contribution in [0.2, 0.25) is 0 Å². The van der Waals surface area contributed by atoms with E-state index in [0.717, 1.165) is 40.9 Å². The molecule has 2 aromatic carbocycles. The van der Waals surface area contributed by atoms with Crippen LogP contribution >= 0.6 is 0 Å². The Morgan fingerprint density at radius 3 is 2.55 bits per heavy atom. The third kappa shape index (κ3) is 3.66. The van der Waals surface area contributed by atoms with Crippen molar-refractivity contribution in [3.63, 3.8) is 0 Å². The number of aromatic nitrogens is 2. The maximum Gasteiger partial charge on any atom is 0.336 e. The highest BCUT2D eigenvalue weighted by Crippen LogP contribution is 2.26. The minimum Gasteiger partial charge on any atom is -0.478 e. The van der Waals surface area contributed by atoms with Crippen LogP contribution < -0.4 is 0 Å². The van der Waals surface area contributed by atoms with Gasteiger partial charge in [0.25, 0.3) is 0 Å². The molecule has 4 heteroatoms. The number of hydrogen-bond donors (Lipinski definition) is 1. The van der Waals surface area contributed by atoms with E-state index in [1.165, 1.54) is 5.56 Å². The standard InChI is InChI=1S/C25H24N2O2/c1-3-17(2)21-9-6-14-27-20(16-26-24(21)27)15-18-10-12-19(13-11-18)22-7-4-5-8-23(22)25(28)29/h4-14,16-17H,3,15H2,1-2H3,(H,28,29). The number of benzene rings is 2.